The molecule has 0 aliphatic heterocycles. The average Bonchev–Trinajstić information content (AvgIpc) is 2.40. The van der Waals surface area contributed by atoms with Gasteiger partial charge >= 0.3 is 6.18 Å². The molecule has 0 heterocycles. The van der Waals surface area contributed by atoms with E-state index in [0.29, 0.717) is 5.75 Å². The Kier molecular flexibility index (Phi) is 4.80. The first kappa shape index (κ1) is 15.4. The highest BCUT2D eigenvalue weighted by atomic mass is 127. The summed E-state index contributed by atoms with van der Waals surface area (Å²) in [6.45, 7) is 0. The van der Waals surface area contributed by atoms with Crippen molar-refractivity contribution in [3.05, 3.63) is 57.2 Å². The van der Waals surface area contributed by atoms with E-state index in [0.717, 1.165) is 9.64 Å². The highest BCUT2D eigenvalue weighted by Gasteiger charge is 2.33. The van der Waals surface area contributed by atoms with E-state index in [-0.39, 0.29) is 17.2 Å². The van der Waals surface area contributed by atoms with Crippen LogP contribution in [0.3, 0.4) is 0 Å². The first-order chi connectivity index (χ1) is 9.40. The van der Waals surface area contributed by atoms with Crippen LogP contribution in [0.4, 0.5) is 13.2 Å². The second-order valence-corrected chi connectivity index (χ2v) is 5.52. The summed E-state index contributed by atoms with van der Waals surface area (Å²) in [5.41, 5.74) is -0.732. The van der Waals surface area contributed by atoms with E-state index in [1.807, 2.05) is 12.1 Å². The van der Waals surface area contributed by atoms with Crippen LogP contribution >= 0.6 is 34.2 Å². The molecule has 0 atom stereocenters. The molecule has 0 N–H and O–H groups in total. The van der Waals surface area contributed by atoms with Crippen LogP contribution in [-0.4, -0.2) is 0 Å². The smallest absolute Gasteiger partial charge is 0.416 e. The van der Waals surface area contributed by atoms with Crippen molar-refractivity contribution in [3.63, 3.8) is 0 Å². The highest BCUT2D eigenvalue weighted by Crippen LogP contribution is 2.36. The maximum absolute atomic E-state index is 12.9. The molecule has 0 unspecified atom stereocenters. The second-order valence-electron chi connectivity index (χ2n) is 4.01. The van der Waals surface area contributed by atoms with Gasteiger partial charge in [0, 0.05) is 9.45 Å². The summed E-state index contributed by atoms with van der Waals surface area (Å²) < 4.78 is 45.1. The minimum Gasteiger partial charge on any atom is -0.457 e. The molecule has 0 saturated carbocycles. The Morgan fingerprint density at radius 3 is 2.15 bits per heavy atom. The standard InChI is InChI=1S/C14H9ClF3IO/c15-8-9-1-4-12(7-13(9)14(16,17)18)20-11-5-2-10(19)3-6-11/h1-7H,8H2. The van der Waals surface area contributed by atoms with E-state index >= 15 is 0 Å². The van der Waals surface area contributed by atoms with Gasteiger partial charge in [-0.1, -0.05) is 6.07 Å². The van der Waals surface area contributed by atoms with E-state index in [2.05, 4.69) is 22.6 Å². The molecular weight excluding hydrogens is 404 g/mol. The van der Waals surface area contributed by atoms with Crippen LogP contribution in [0.15, 0.2) is 42.5 Å². The number of ether oxygens (including phenoxy) is 1. The molecule has 0 radical (unpaired) electrons. The van der Waals surface area contributed by atoms with Crippen LogP contribution in [0.1, 0.15) is 11.1 Å². The maximum Gasteiger partial charge on any atom is 0.416 e. The molecule has 0 aliphatic carbocycles. The number of alkyl halides is 4. The molecule has 0 amide bonds. The SMILES string of the molecule is FC(F)(F)c1cc(Oc2ccc(I)cc2)ccc1CCl. The molecule has 2 aromatic rings. The molecule has 1 nitrogen and oxygen atoms in total. The number of hydrogen-bond donors (Lipinski definition) is 0. The van der Waals surface area contributed by atoms with Crippen molar-refractivity contribution in [1.82, 2.24) is 0 Å². The lowest BCUT2D eigenvalue weighted by Crippen LogP contribution is -2.08. The van der Waals surface area contributed by atoms with Crippen molar-refractivity contribution >= 4 is 34.2 Å². The van der Waals surface area contributed by atoms with Gasteiger partial charge in [-0.2, -0.15) is 13.2 Å². The monoisotopic (exact) mass is 412 g/mol. The fourth-order valence-electron chi connectivity index (χ4n) is 1.64. The summed E-state index contributed by atoms with van der Waals surface area (Å²) in [4.78, 5) is 0. The van der Waals surface area contributed by atoms with Crippen LogP contribution < -0.4 is 4.74 Å². The average molecular weight is 413 g/mol. The Hall–Kier alpha value is -0.950. The van der Waals surface area contributed by atoms with E-state index in [1.54, 1.807) is 12.1 Å². The van der Waals surface area contributed by atoms with E-state index < -0.39 is 11.7 Å². The van der Waals surface area contributed by atoms with Gasteiger partial charge in [-0.05, 0) is 64.6 Å². The molecule has 6 heteroatoms. The fraction of sp³-hybridized carbons (Fsp3) is 0.143. The molecule has 2 aromatic carbocycles. The normalized spacial score (nSPS) is 11.4. The van der Waals surface area contributed by atoms with Gasteiger partial charge in [0.2, 0.25) is 0 Å². The summed E-state index contributed by atoms with van der Waals surface area (Å²) >= 11 is 7.66. The second kappa shape index (κ2) is 6.22. The molecule has 0 aromatic heterocycles. The van der Waals surface area contributed by atoms with Gasteiger partial charge in [0.15, 0.2) is 0 Å². The van der Waals surface area contributed by atoms with Crippen LogP contribution in [0, 0.1) is 3.57 Å². The Balaban J connectivity index is 2.31. The van der Waals surface area contributed by atoms with Crippen LogP contribution in [-0.2, 0) is 12.1 Å². The number of halogens is 5. The highest BCUT2D eigenvalue weighted by molar-refractivity contribution is 14.1. The van der Waals surface area contributed by atoms with Gasteiger partial charge in [-0.15, -0.1) is 11.6 Å². The van der Waals surface area contributed by atoms with E-state index in [9.17, 15) is 13.2 Å². The zero-order chi connectivity index (χ0) is 14.8. The summed E-state index contributed by atoms with van der Waals surface area (Å²) in [6, 6.07) is 10.8. The third-order valence-corrected chi connectivity index (χ3v) is 3.59. The maximum atomic E-state index is 12.9. The fourth-order valence-corrected chi connectivity index (χ4v) is 2.23. The van der Waals surface area contributed by atoms with Crippen LogP contribution in [0.5, 0.6) is 11.5 Å². The van der Waals surface area contributed by atoms with Gasteiger partial charge in [0.1, 0.15) is 11.5 Å². The molecule has 20 heavy (non-hydrogen) atoms. The molecule has 0 aliphatic rings. The van der Waals surface area contributed by atoms with E-state index in [4.69, 9.17) is 16.3 Å². The zero-order valence-electron chi connectivity index (χ0n) is 10.0. The molecular formula is C14H9ClF3IO. The summed E-state index contributed by atoms with van der Waals surface area (Å²) in [7, 11) is 0. The summed E-state index contributed by atoms with van der Waals surface area (Å²) in [5, 5.41) is 0. The first-order valence-corrected chi connectivity index (χ1v) is 7.21. The summed E-state index contributed by atoms with van der Waals surface area (Å²) in [5.74, 6) is 0.420. The first-order valence-electron chi connectivity index (χ1n) is 5.59. The topological polar surface area (TPSA) is 9.23 Å². The molecule has 0 spiro atoms. The Morgan fingerprint density at radius 1 is 1.00 bits per heavy atom. The molecule has 0 saturated heterocycles. The Morgan fingerprint density at radius 2 is 1.60 bits per heavy atom. The van der Waals surface area contributed by atoms with Gasteiger partial charge < -0.3 is 4.74 Å². The lowest BCUT2D eigenvalue weighted by atomic mass is 10.1. The predicted molar refractivity (Wildman–Crippen MR) is 80.2 cm³/mol. The molecule has 0 fully saturated rings. The van der Waals surface area contributed by atoms with Crippen molar-refractivity contribution in [2.45, 2.75) is 12.1 Å². The van der Waals surface area contributed by atoms with Crippen molar-refractivity contribution < 1.29 is 17.9 Å². The molecule has 2 rings (SSSR count). The van der Waals surface area contributed by atoms with Crippen molar-refractivity contribution in [3.8, 4) is 11.5 Å². The lowest BCUT2D eigenvalue weighted by Gasteiger charge is -2.13. The number of rotatable bonds is 3. The minimum absolute atomic E-state index is 0.0362. The van der Waals surface area contributed by atoms with E-state index in [1.165, 1.54) is 12.1 Å². The quantitative estimate of drug-likeness (QED) is 0.454. The number of benzene rings is 2. The summed E-state index contributed by atoms with van der Waals surface area (Å²) in [6.07, 6.45) is -4.45. The zero-order valence-corrected chi connectivity index (χ0v) is 13.0. The van der Waals surface area contributed by atoms with Gasteiger partial charge in [-0.3, -0.25) is 0 Å². The molecule has 106 valence electrons. The van der Waals surface area contributed by atoms with Crippen LogP contribution in [0.25, 0.3) is 0 Å². The Bertz CT molecular complexity index is 596. The number of hydrogen-bond acceptors (Lipinski definition) is 1. The third kappa shape index (κ3) is 3.79. The largest absolute Gasteiger partial charge is 0.457 e. The van der Waals surface area contributed by atoms with Crippen molar-refractivity contribution in [2.24, 2.45) is 0 Å². The van der Waals surface area contributed by atoms with Crippen LogP contribution in [0.2, 0.25) is 0 Å². The Labute approximate surface area is 132 Å². The van der Waals surface area contributed by atoms with Gasteiger partial charge in [0.05, 0.1) is 5.56 Å². The van der Waals surface area contributed by atoms with Crippen molar-refractivity contribution in [1.29, 1.82) is 0 Å². The van der Waals surface area contributed by atoms with Gasteiger partial charge in [-0.25, -0.2) is 0 Å². The molecule has 0 bridgehead atoms. The third-order valence-electron chi connectivity index (χ3n) is 2.58. The van der Waals surface area contributed by atoms with Gasteiger partial charge in [0.25, 0.3) is 0 Å². The lowest BCUT2D eigenvalue weighted by molar-refractivity contribution is -0.138. The van der Waals surface area contributed by atoms with Crippen molar-refractivity contribution in [2.75, 3.05) is 0 Å². The predicted octanol–water partition coefficient (Wildman–Crippen LogP) is 5.84. The minimum atomic E-state index is -4.45.